The number of hydrogen-bond acceptors (Lipinski definition) is 2. The minimum atomic E-state index is 0.782. The van der Waals surface area contributed by atoms with Crippen LogP contribution in [0, 0.1) is 5.92 Å². The van der Waals surface area contributed by atoms with Crippen molar-refractivity contribution in [1.82, 2.24) is 10.2 Å². The molecule has 1 saturated heterocycles. The van der Waals surface area contributed by atoms with Gasteiger partial charge in [0.25, 0.3) is 0 Å². The Kier molecular flexibility index (Phi) is 3.23. The Labute approximate surface area is 81.7 Å². The zero-order valence-corrected chi connectivity index (χ0v) is 8.76. The molecule has 1 N–H and O–H groups in total. The summed E-state index contributed by atoms with van der Waals surface area (Å²) >= 11 is 0. The van der Waals surface area contributed by atoms with Crippen LogP contribution in [0.1, 0.15) is 32.1 Å². The van der Waals surface area contributed by atoms with E-state index in [4.69, 9.17) is 0 Å². The summed E-state index contributed by atoms with van der Waals surface area (Å²) in [5, 5.41) is 3.56. The van der Waals surface area contributed by atoms with Gasteiger partial charge in [-0.25, -0.2) is 0 Å². The van der Waals surface area contributed by atoms with E-state index in [1.807, 2.05) is 0 Å². The molecule has 2 rings (SSSR count). The van der Waals surface area contributed by atoms with Crippen LogP contribution in [-0.2, 0) is 0 Å². The van der Waals surface area contributed by atoms with Gasteiger partial charge in [0.2, 0.25) is 0 Å². The molecule has 0 bridgehead atoms. The first-order valence-electron chi connectivity index (χ1n) is 5.76. The average Bonchev–Trinajstić information content (AvgIpc) is 2.49. The average molecular weight is 182 g/mol. The van der Waals surface area contributed by atoms with Crippen LogP contribution in [0.15, 0.2) is 0 Å². The van der Waals surface area contributed by atoms with Gasteiger partial charge in [0.1, 0.15) is 0 Å². The summed E-state index contributed by atoms with van der Waals surface area (Å²) in [6, 6.07) is 0.782. The summed E-state index contributed by atoms with van der Waals surface area (Å²) in [6.07, 6.45) is 7.18. The van der Waals surface area contributed by atoms with Crippen molar-refractivity contribution in [3.8, 4) is 0 Å². The van der Waals surface area contributed by atoms with Crippen LogP contribution in [-0.4, -0.2) is 37.6 Å². The molecule has 0 aromatic heterocycles. The third-order valence-electron chi connectivity index (χ3n) is 3.49. The highest BCUT2D eigenvalue weighted by molar-refractivity contribution is 4.79. The highest BCUT2D eigenvalue weighted by atomic mass is 15.1. The van der Waals surface area contributed by atoms with Gasteiger partial charge in [0.05, 0.1) is 0 Å². The van der Waals surface area contributed by atoms with Crippen LogP contribution in [0.3, 0.4) is 0 Å². The molecule has 1 aliphatic heterocycles. The molecule has 1 heterocycles. The molecule has 76 valence electrons. The SMILES string of the molecule is CN(CC1CCC1)C[C@@H]1CCCN1. The lowest BCUT2D eigenvalue weighted by atomic mass is 9.85. The van der Waals surface area contributed by atoms with Gasteiger partial charge >= 0.3 is 0 Å². The first-order valence-corrected chi connectivity index (χ1v) is 5.76. The molecule has 2 fully saturated rings. The van der Waals surface area contributed by atoms with Gasteiger partial charge in [-0.2, -0.15) is 0 Å². The van der Waals surface area contributed by atoms with E-state index in [0.29, 0.717) is 0 Å². The van der Waals surface area contributed by atoms with Gasteiger partial charge in [-0.1, -0.05) is 6.42 Å². The van der Waals surface area contributed by atoms with E-state index < -0.39 is 0 Å². The van der Waals surface area contributed by atoms with Crippen LogP contribution in [0.4, 0.5) is 0 Å². The van der Waals surface area contributed by atoms with Crippen LogP contribution in [0.5, 0.6) is 0 Å². The predicted octanol–water partition coefficient (Wildman–Crippen LogP) is 1.47. The number of rotatable bonds is 4. The van der Waals surface area contributed by atoms with Crippen LogP contribution in [0.25, 0.3) is 0 Å². The summed E-state index contributed by atoms with van der Waals surface area (Å²) < 4.78 is 0. The van der Waals surface area contributed by atoms with E-state index in [1.54, 1.807) is 0 Å². The zero-order chi connectivity index (χ0) is 9.10. The first kappa shape index (κ1) is 9.47. The molecule has 2 aliphatic rings. The molecule has 0 aromatic carbocycles. The predicted molar refractivity (Wildman–Crippen MR) is 55.9 cm³/mol. The third-order valence-corrected chi connectivity index (χ3v) is 3.49. The molecule has 0 aromatic rings. The van der Waals surface area contributed by atoms with Gasteiger partial charge in [0.15, 0.2) is 0 Å². The van der Waals surface area contributed by atoms with Crippen molar-refractivity contribution in [3.05, 3.63) is 0 Å². The monoisotopic (exact) mass is 182 g/mol. The van der Waals surface area contributed by atoms with Crippen molar-refractivity contribution in [2.24, 2.45) is 5.92 Å². The molecular weight excluding hydrogens is 160 g/mol. The molecule has 1 saturated carbocycles. The van der Waals surface area contributed by atoms with Gasteiger partial charge in [-0.3, -0.25) is 0 Å². The van der Waals surface area contributed by atoms with Gasteiger partial charge in [-0.05, 0) is 45.2 Å². The second-order valence-corrected chi connectivity index (χ2v) is 4.81. The molecule has 13 heavy (non-hydrogen) atoms. The molecular formula is C11H22N2. The lowest BCUT2D eigenvalue weighted by Crippen LogP contribution is -2.38. The number of likely N-dealkylation sites (N-methyl/N-ethyl adjacent to an activating group) is 1. The Hall–Kier alpha value is -0.0800. The van der Waals surface area contributed by atoms with Crippen molar-refractivity contribution < 1.29 is 0 Å². The number of hydrogen-bond donors (Lipinski definition) is 1. The molecule has 0 amide bonds. The number of nitrogens with one attached hydrogen (secondary N) is 1. The topological polar surface area (TPSA) is 15.3 Å². The maximum atomic E-state index is 3.56. The highest BCUT2D eigenvalue weighted by Gasteiger charge is 2.21. The standard InChI is InChI=1S/C11H22N2/c1-13(8-10-4-2-5-10)9-11-6-3-7-12-11/h10-12H,2-9H2,1H3/t11-/m0/s1. The summed E-state index contributed by atoms with van der Waals surface area (Å²) in [4.78, 5) is 2.52. The van der Waals surface area contributed by atoms with E-state index >= 15 is 0 Å². The van der Waals surface area contributed by atoms with Crippen LogP contribution < -0.4 is 5.32 Å². The number of nitrogens with zero attached hydrogens (tertiary/aromatic N) is 1. The highest BCUT2D eigenvalue weighted by Crippen LogP contribution is 2.26. The quantitative estimate of drug-likeness (QED) is 0.708. The summed E-state index contributed by atoms with van der Waals surface area (Å²) in [6.45, 7) is 3.83. The van der Waals surface area contributed by atoms with E-state index in [0.717, 1.165) is 12.0 Å². The Balaban J connectivity index is 1.61. The normalized spacial score (nSPS) is 29.5. The molecule has 0 spiro atoms. The molecule has 1 atom stereocenters. The molecule has 2 nitrogen and oxygen atoms in total. The smallest absolute Gasteiger partial charge is 0.0195 e. The molecule has 0 radical (unpaired) electrons. The van der Waals surface area contributed by atoms with Crippen molar-refractivity contribution >= 4 is 0 Å². The Morgan fingerprint density at radius 1 is 1.15 bits per heavy atom. The Bertz CT molecular complexity index is 148. The van der Waals surface area contributed by atoms with E-state index in [9.17, 15) is 0 Å². The molecule has 0 unspecified atom stereocenters. The molecule has 2 heteroatoms. The maximum Gasteiger partial charge on any atom is 0.0195 e. The summed E-state index contributed by atoms with van der Waals surface area (Å²) in [7, 11) is 2.28. The fraction of sp³-hybridized carbons (Fsp3) is 1.00. The van der Waals surface area contributed by atoms with E-state index in [-0.39, 0.29) is 0 Å². The van der Waals surface area contributed by atoms with E-state index in [1.165, 1.54) is 51.7 Å². The van der Waals surface area contributed by atoms with Gasteiger partial charge < -0.3 is 10.2 Å². The molecule has 1 aliphatic carbocycles. The second kappa shape index (κ2) is 4.43. The van der Waals surface area contributed by atoms with Crippen molar-refractivity contribution in [2.45, 2.75) is 38.1 Å². The van der Waals surface area contributed by atoms with Crippen LogP contribution in [0.2, 0.25) is 0 Å². The Morgan fingerprint density at radius 2 is 2.00 bits per heavy atom. The van der Waals surface area contributed by atoms with Crippen molar-refractivity contribution in [3.63, 3.8) is 0 Å². The van der Waals surface area contributed by atoms with Crippen LogP contribution >= 0.6 is 0 Å². The lowest BCUT2D eigenvalue weighted by Gasteiger charge is -2.31. The maximum absolute atomic E-state index is 3.56. The lowest BCUT2D eigenvalue weighted by molar-refractivity contribution is 0.195. The zero-order valence-electron chi connectivity index (χ0n) is 8.76. The fourth-order valence-electron chi connectivity index (χ4n) is 2.48. The van der Waals surface area contributed by atoms with Gasteiger partial charge in [-0.15, -0.1) is 0 Å². The van der Waals surface area contributed by atoms with Crippen molar-refractivity contribution in [2.75, 3.05) is 26.7 Å². The Morgan fingerprint density at radius 3 is 2.54 bits per heavy atom. The summed E-state index contributed by atoms with van der Waals surface area (Å²) in [5.74, 6) is 1.02. The minimum absolute atomic E-state index is 0.782. The second-order valence-electron chi connectivity index (χ2n) is 4.81. The minimum Gasteiger partial charge on any atom is -0.313 e. The van der Waals surface area contributed by atoms with Gasteiger partial charge in [0, 0.05) is 19.1 Å². The fourth-order valence-corrected chi connectivity index (χ4v) is 2.48. The third kappa shape index (κ3) is 2.68. The summed E-state index contributed by atoms with van der Waals surface area (Å²) in [5.41, 5.74) is 0. The first-order chi connectivity index (χ1) is 6.34. The van der Waals surface area contributed by atoms with Crippen molar-refractivity contribution in [1.29, 1.82) is 0 Å². The van der Waals surface area contributed by atoms with E-state index in [2.05, 4.69) is 17.3 Å². The largest absolute Gasteiger partial charge is 0.313 e.